The number of amides is 1. The normalized spacial score (nSPS) is 20.8. The van der Waals surface area contributed by atoms with E-state index in [9.17, 15) is 18.0 Å². The van der Waals surface area contributed by atoms with Gasteiger partial charge in [0.25, 0.3) is 0 Å². The Balaban J connectivity index is 1.56. The van der Waals surface area contributed by atoms with Gasteiger partial charge < -0.3 is 10.2 Å². The minimum absolute atomic E-state index is 0.337. The minimum atomic E-state index is -4.45. The maximum absolute atomic E-state index is 12.4. The van der Waals surface area contributed by atoms with Crippen molar-refractivity contribution in [2.45, 2.75) is 31.0 Å². The number of carbonyl (C=O) groups is 1. The first-order chi connectivity index (χ1) is 13.8. The Bertz CT molecular complexity index is 967. The second-order valence-corrected chi connectivity index (χ2v) is 7.22. The zero-order chi connectivity index (χ0) is 20.6. The van der Waals surface area contributed by atoms with E-state index in [2.05, 4.69) is 19.9 Å². The molecular formula is C18H16ClF3N6O. The summed E-state index contributed by atoms with van der Waals surface area (Å²) >= 11 is 6.04. The van der Waals surface area contributed by atoms with Gasteiger partial charge in [-0.2, -0.15) is 13.2 Å². The van der Waals surface area contributed by atoms with Crippen molar-refractivity contribution >= 4 is 35.4 Å². The van der Waals surface area contributed by atoms with Gasteiger partial charge in [0.05, 0.1) is 10.9 Å². The lowest BCUT2D eigenvalue weighted by atomic mass is 10.0. The van der Waals surface area contributed by atoms with Crippen LogP contribution in [0.5, 0.6) is 0 Å². The van der Waals surface area contributed by atoms with E-state index in [0.29, 0.717) is 41.9 Å². The van der Waals surface area contributed by atoms with Crippen LogP contribution in [0.4, 0.5) is 24.8 Å². The highest BCUT2D eigenvalue weighted by Crippen LogP contribution is 2.35. The molecule has 2 aromatic heterocycles. The molecule has 1 fully saturated rings. The Labute approximate surface area is 169 Å². The molecule has 1 saturated heterocycles. The number of hydrogen-bond acceptors (Lipinski definition) is 6. The Hall–Kier alpha value is -2.75. The molecule has 29 heavy (non-hydrogen) atoms. The topological polar surface area (TPSA) is 83.4 Å². The average Bonchev–Trinajstić information content (AvgIpc) is 3.32. The molecule has 152 valence electrons. The van der Waals surface area contributed by atoms with Crippen molar-refractivity contribution in [3.8, 4) is 0 Å². The molecule has 4 heterocycles. The van der Waals surface area contributed by atoms with E-state index >= 15 is 0 Å². The molecule has 2 aliphatic rings. The summed E-state index contributed by atoms with van der Waals surface area (Å²) in [4.78, 5) is 31.3. The monoisotopic (exact) mass is 424 g/mol. The van der Waals surface area contributed by atoms with Gasteiger partial charge in [0.2, 0.25) is 5.91 Å². The van der Waals surface area contributed by atoms with E-state index in [1.807, 2.05) is 5.32 Å². The fourth-order valence-corrected chi connectivity index (χ4v) is 3.67. The number of nitrogens with one attached hydrogen (secondary N) is 1. The quantitative estimate of drug-likeness (QED) is 0.815. The van der Waals surface area contributed by atoms with E-state index in [1.54, 1.807) is 29.4 Å². The third kappa shape index (κ3) is 4.16. The van der Waals surface area contributed by atoms with Crippen LogP contribution in [0.3, 0.4) is 0 Å². The third-order valence-corrected chi connectivity index (χ3v) is 5.00. The summed E-state index contributed by atoms with van der Waals surface area (Å²) in [6.45, 7) is -0.836. The fourth-order valence-electron chi connectivity index (χ4n) is 3.51. The molecule has 11 heteroatoms. The molecule has 2 aliphatic heterocycles. The lowest BCUT2D eigenvalue weighted by Crippen LogP contribution is -2.46. The van der Waals surface area contributed by atoms with Crippen molar-refractivity contribution in [1.82, 2.24) is 20.3 Å². The molecule has 0 radical (unpaired) electrons. The van der Waals surface area contributed by atoms with Gasteiger partial charge in [-0.05, 0) is 25.0 Å². The van der Waals surface area contributed by atoms with E-state index in [4.69, 9.17) is 11.6 Å². The maximum Gasteiger partial charge on any atom is 0.405 e. The molecule has 2 aromatic rings. The predicted molar refractivity (Wildman–Crippen MR) is 101 cm³/mol. The molecule has 2 atom stereocenters. The Morgan fingerprint density at radius 2 is 2.17 bits per heavy atom. The number of rotatable bonds is 4. The van der Waals surface area contributed by atoms with Gasteiger partial charge in [-0.25, -0.2) is 19.9 Å². The highest BCUT2D eigenvalue weighted by Gasteiger charge is 2.35. The number of nitrogens with zero attached hydrogens (tertiary/aromatic N) is 5. The first-order valence-corrected chi connectivity index (χ1v) is 9.33. The van der Waals surface area contributed by atoms with Gasteiger partial charge in [-0.1, -0.05) is 11.6 Å². The Morgan fingerprint density at radius 3 is 2.97 bits per heavy atom. The second kappa shape index (κ2) is 7.58. The molecule has 0 saturated carbocycles. The number of carbonyl (C=O) groups excluding carboxylic acids is 1. The van der Waals surface area contributed by atoms with Crippen LogP contribution in [0.2, 0.25) is 5.02 Å². The Morgan fingerprint density at radius 1 is 1.34 bits per heavy atom. The van der Waals surface area contributed by atoms with Crippen molar-refractivity contribution < 1.29 is 18.0 Å². The summed E-state index contributed by atoms with van der Waals surface area (Å²) in [5.74, 6) is 0.478. The van der Waals surface area contributed by atoms with Crippen LogP contribution in [0.25, 0.3) is 0 Å². The fraction of sp³-hybridized carbons (Fsp3) is 0.389. The molecule has 0 bridgehead atoms. The van der Waals surface area contributed by atoms with E-state index in [0.717, 1.165) is 5.56 Å². The lowest BCUT2D eigenvalue weighted by Gasteiger charge is -2.25. The summed E-state index contributed by atoms with van der Waals surface area (Å²) in [6, 6.07) is 2.68. The van der Waals surface area contributed by atoms with E-state index in [1.165, 1.54) is 6.20 Å². The van der Waals surface area contributed by atoms with Gasteiger partial charge in [-0.15, -0.1) is 0 Å². The minimum Gasteiger partial charge on any atom is -0.345 e. The molecule has 4 rings (SSSR count). The maximum atomic E-state index is 12.4. The smallest absolute Gasteiger partial charge is 0.345 e. The summed E-state index contributed by atoms with van der Waals surface area (Å²) in [5, 5.41) is 2.43. The molecule has 0 aromatic carbocycles. The number of fused-ring (bicyclic) bond motifs is 1. The lowest BCUT2D eigenvalue weighted by molar-refractivity contribution is -0.139. The van der Waals surface area contributed by atoms with Crippen molar-refractivity contribution in [3.05, 3.63) is 40.9 Å². The van der Waals surface area contributed by atoms with Crippen LogP contribution in [0.1, 0.15) is 30.1 Å². The number of halogens is 4. The summed E-state index contributed by atoms with van der Waals surface area (Å²) in [6.07, 6.45) is 1.42. The van der Waals surface area contributed by atoms with Gasteiger partial charge in [0.1, 0.15) is 24.2 Å². The third-order valence-electron chi connectivity index (χ3n) is 4.79. The van der Waals surface area contributed by atoms with Crippen LogP contribution < -0.4 is 10.2 Å². The average molecular weight is 425 g/mol. The molecule has 0 aliphatic carbocycles. The highest BCUT2D eigenvalue weighted by molar-refractivity contribution is 6.30. The van der Waals surface area contributed by atoms with Crippen LogP contribution in [0.15, 0.2) is 29.5 Å². The number of aromatic nitrogens is 3. The van der Waals surface area contributed by atoms with E-state index in [-0.39, 0.29) is 5.92 Å². The predicted octanol–water partition coefficient (Wildman–Crippen LogP) is 3.02. The number of anilines is 1. The Kier molecular flexibility index (Phi) is 5.12. The van der Waals surface area contributed by atoms with Gasteiger partial charge >= 0.3 is 6.18 Å². The summed E-state index contributed by atoms with van der Waals surface area (Å²) < 4.78 is 37.3. The van der Waals surface area contributed by atoms with Gasteiger partial charge in [0.15, 0.2) is 5.82 Å². The molecule has 0 spiro atoms. The number of pyridine rings is 1. The first-order valence-electron chi connectivity index (χ1n) is 8.95. The largest absolute Gasteiger partial charge is 0.405 e. The van der Waals surface area contributed by atoms with Crippen LogP contribution in [-0.2, 0) is 4.79 Å². The van der Waals surface area contributed by atoms with Crippen LogP contribution in [0, 0.1) is 0 Å². The number of alkyl halides is 3. The van der Waals surface area contributed by atoms with Crippen molar-refractivity contribution in [1.29, 1.82) is 0 Å². The van der Waals surface area contributed by atoms with Crippen molar-refractivity contribution in [3.63, 3.8) is 0 Å². The van der Waals surface area contributed by atoms with Gasteiger partial charge in [-0.3, -0.25) is 4.79 Å². The summed E-state index contributed by atoms with van der Waals surface area (Å²) in [5.41, 5.74) is 0.774. The second-order valence-electron chi connectivity index (χ2n) is 6.78. The standard InChI is InChI=1S/C18H16ClF3N6O/c19-10-6-11-12(8-25-15(11)24-7-10)16-23-4-3-14(27-16)28-5-1-2-13(28)17(29)26-9-18(20,21)22/h3-4,6-8,12-13H,1-2,5,9H2,(H,26,29)/t12?,13-/m1/s1. The number of aliphatic imine (C=N–C) groups is 1. The molecule has 1 N–H and O–H groups in total. The van der Waals surface area contributed by atoms with Crippen LogP contribution >= 0.6 is 11.6 Å². The zero-order valence-electron chi connectivity index (χ0n) is 15.0. The summed E-state index contributed by atoms with van der Waals surface area (Å²) in [7, 11) is 0. The zero-order valence-corrected chi connectivity index (χ0v) is 15.8. The molecular weight excluding hydrogens is 409 g/mol. The SMILES string of the molecule is O=C(NCC(F)(F)F)[C@H]1CCCN1c1ccnc(C2C=Nc3ncc(Cl)cc32)n1. The number of hydrogen-bond donors (Lipinski definition) is 1. The molecule has 7 nitrogen and oxygen atoms in total. The van der Waals surface area contributed by atoms with Crippen LogP contribution in [-0.4, -0.2) is 52.4 Å². The molecule has 1 amide bonds. The van der Waals surface area contributed by atoms with Crippen molar-refractivity contribution in [2.75, 3.05) is 18.0 Å². The highest BCUT2D eigenvalue weighted by atomic mass is 35.5. The first kappa shape index (κ1) is 19.6. The van der Waals surface area contributed by atoms with E-state index < -0.39 is 24.7 Å². The van der Waals surface area contributed by atoms with Crippen molar-refractivity contribution in [2.24, 2.45) is 4.99 Å². The molecule has 1 unspecified atom stereocenters. The van der Waals surface area contributed by atoms with Gasteiger partial charge in [0, 0.05) is 30.7 Å².